The number of carbonyl (C=O) groups is 1. The van der Waals surface area contributed by atoms with E-state index in [9.17, 15) is 4.79 Å². The lowest BCUT2D eigenvalue weighted by molar-refractivity contribution is 0.0473. The Kier molecular flexibility index (Phi) is 3.83. The van der Waals surface area contributed by atoms with E-state index in [1.165, 1.54) is 0 Å². The maximum Gasteiger partial charge on any atom is 0.339 e. The van der Waals surface area contributed by atoms with Crippen LogP contribution in [0, 0.1) is 0 Å². The van der Waals surface area contributed by atoms with Crippen LogP contribution in [-0.4, -0.2) is 5.97 Å². The quantitative estimate of drug-likeness (QED) is 0.668. The molecule has 3 heteroatoms. The molecule has 104 valence electrons. The fraction of sp³-hybridized carbons (Fsp3) is 0.0556. The molecule has 0 aliphatic rings. The van der Waals surface area contributed by atoms with Gasteiger partial charge in [0.1, 0.15) is 12.4 Å². The zero-order valence-electron chi connectivity index (χ0n) is 11.4. The van der Waals surface area contributed by atoms with E-state index in [0.717, 1.165) is 11.1 Å². The molecule has 0 fully saturated rings. The summed E-state index contributed by atoms with van der Waals surface area (Å²) in [5, 5.41) is 0. The second kappa shape index (κ2) is 6.09. The molecule has 0 unspecified atom stereocenters. The van der Waals surface area contributed by atoms with Crippen molar-refractivity contribution in [3.05, 3.63) is 84.1 Å². The Balaban J connectivity index is 1.79. The molecule has 0 amide bonds. The third-order valence-corrected chi connectivity index (χ3v) is 3.15. The van der Waals surface area contributed by atoms with Crippen molar-refractivity contribution in [2.24, 2.45) is 0 Å². The molecule has 0 saturated carbocycles. The van der Waals surface area contributed by atoms with Crippen molar-refractivity contribution in [2.75, 3.05) is 0 Å². The number of hydrogen-bond donors (Lipinski definition) is 0. The highest BCUT2D eigenvalue weighted by Gasteiger charge is 2.15. The van der Waals surface area contributed by atoms with Gasteiger partial charge in [0.05, 0.1) is 11.8 Å². The highest BCUT2D eigenvalue weighted by Crippen LogP contribution is 2.24. The van der Waals surface area contributed by atoms with Crippen LogP contribution in [0.1, 0.15) is 15.9 Å². The summed E-state index contributed by atoms with van der Waals surface area (Å²) in [5.41, 5.74) is 2.20. The van der Waals surface area contributed by atoms with Crippen molar-refractivity contribution in [3.8, 4) is 11.3 Å². The maximum atomic E-state index is 12.3. The highest BCUT2D eigenvalue weighted by molar-refractivity contribution is 5.96. The summed E-state index contributed by atoms with van der Waals surface area (Å²) in [7, 11) is 0. The lowest BCUT2D eigenvalue weighted by Crippen LogP contribution is -2.06. The van der Waals surface area contributed by atoms with Gasteiger partial charge in [-0.3, -0.25) is 0 Å². The number of benzene rings is 2. The Labute approximate surface area is 122 Å². The van der Waals surface area contributed by atoms with Crippen LogP contribution in [0.15, 0.2) is 77.4 Å². The first-order valence-electron chi connectivity index (χ1n) is 6.68. The van der Waals surface area contributed by atoms with E-state index in [-0.39, 0.29) is 12.6 Å². The third-order valence-electron chi connectivity index (χ3n) is 3.15. The molecular formula is C18H14O3. The van der Waals surface area contributed by atoms with Gasteiger partial charge in [-0.25, -0.2) is 4.79 Å². The van der Waals surface area contributed by atoms with Crippen LogP contribution >= 0.6 is 0 Å². The van der Waals surface area contributed by atoms with E-state index < -0.39 is 0 Å². The van der Waals surface area contributed by atoms with E-state index in [0.29, 0.717) is 11.3 Å². The molecule has 0 atom stereocenters. The monoisotopic (exact) mass is 278 g/mol. The van der Waals surface area contributed by atoms with Crippen LogP contribution in [-0.2, 0) is 11.3 Å². The van der Waals surface area contributed by atoms with Crippen LogP contribution in [0.4, 0.5) is 0 Å². The summed E-state index contributed by atoms with van der Waals surface area (Å²) in [6, 6.07) is 20.5. The average molecular weight is 278 g/mol. The molecular weight excluding hydrogens is 264 g/mol. The fourth-order valence-electron chi connectivity index (χ4n) is 2.11. The van der Waals surface area contributed by atoms with Crippen LogP contribution < -0.4 is 0 Å². The molecule has 1 heterocycles. The Morgan fingerprint density at radius 3 is 2.43 bits per heavy atom. The van der Waals surface area contributed by atoms with Gasteiger partial charge < -0.3 is 9.15 Å². The Morgan fingerprint density at radius 2 is 1.67 bits per heavy atom. The smallest absolute Gasteiger partial charge is 0.339 e. The summed E-state index contributed by atoms with van der Waals surface area (Å²) in [6.07, 6.45) is 1.58. The maximum absolute atomic E-state index is 12.3. The summed E-state index contributed by atoms with van der Waals surface area (Å²) in [6.45, 7) is 0.256. The summed E-state index contributed by atoms with van der Waals surface area (Å²) in [5.74, 6) is 0.299. The summed E-state index contributed by atoms with van der Waals surface area (Å²) in [4.78, 5) is 12.3. The molecule has 3 rings (SSSR count). The zero-order chi connectivity index (χ0) is 14.5. The molecule has 0 spiro atoms. The topological polar surface area (TPSA) is 39.4 Å². The molecule has 0 N–H and O–H groups in total. The van der Waals surface area contributed by atoms with Gasteiger partial charge in [-0.15, -0.1) is 0 Å². The molecule has 3 nitrogen and oxygen atoms in total. The van der Waals surface area contributed by atoms with E-state index in [1.54, 1.807) is 18.4 Å². The minimum Gasteiger partial charge on any atom is -0.464 e. The second-order valence-corrected chi connectivity index (χ2v) is 4.58. The molecule has 0 aliphatic carbocycles. The number of ether oxygens (including phenoxy) is 1. The first kappa shape index (κ1) is 13.2. The van der Waals surface area contributed by atoms with Crippen molar-refractivity contribution >= 4 is 5.97 Å². The summed E-state index contributed by atoms with van der Waals surface area (Å²) >= 11 is 0. The van der Waals surface area contributed by atoms with E-state index in [1.807, 2.05) is 54.6 Å². The normalized spacial score (nSPS) is 10.3. The lowest BCUT2D eigenvalue weighted by atomic mass is 10.1. The number of esters is 1. The minimum atomic E-state index is -0.356. The first-order chi connectivity index (χ1) is 10.3. The fourth-order valence-corrected chi connectivity index (χ4v) is 2.11. The number of carbonyl (C=O) groups excluding carboxylic acids is 1. The second-order valence-electron chi connectivity index (χ2n) is 4.58. The SMILES string of the molecule is O=C(OCc1ccccc1)c1ccccc1-c1ccco1. The minimum absolute atomic E-state index is 0.256. The predicted octanol–water partition coefficient (Wildman–Crippen LogP) is 4.30. The van der Waals surface area contributed by atoms with Gasteiger partial charge in [-0.05, 0) is 23.8 Å². The van der Waals surface area contributed by atoms with Gasteiger partial charge in [0.25, 0.3) is 0 Å². The largest absolute Gasteiger partial charge is 0.464 e. The molecule has 1 aromatic heterocycles. The van der Waals surface area contributed by atoms with Crippen LogP contribution in [0.2, 0.25) is 0 Å². The standard InChI is InChI=1S/C18H14O3/c19-18(21-13-14-7-2-1-3-8-14)16-10-5-4-9-15(16)17-11-6-12-20-17/h1-12H,13H2. The van der Waals surface area contributed by atoms with Crippen molar-refractivity contribution in [1.29, 1.82) is 0 Å². The average Bonchev–Trinajstić information content (AvgIpc) is 3.08. The van der Waals surface area contributed by atoms with Gasteiger partial charge >= 0.3 is 5.97 Å². The van der Waals surface area contributed by atoms with E-state index in [2.05, 4.69) is 0 Å². The zero-order valence-corrected chi connectivity index (χ0v) is 11.4. The van der Waals surface area contributed by atoms with E-state index >= 15 is 0 Å². The lowest BCUT2D eigenvalue weighted by Gasteiger charge is -2.08. The van der Waals surface area contributed by atoms with Gasteiger partial charge in [-0.1, -0.05) is 48.5 Å². The van der Waals surface area contributed by atoms with Crippen molar-refractivity contribution < 1.29 is 13.9 Å². The van der Waals surface area contributed by atoms with Crippen LogP contribution in [0.3, 0.4) is 0 Å². The predicted molar refractivity (Wildman–Crippen MR) is 79.7 cm³/mol. The number of furan rings is 1. The molecule has 0 aliphatic heterocycles. The molecule has 0 saturated heterocycles. The highest BCUT2D eigenvalue weighted by atomic mass is 16.5. The van der Waals surface area contributed by atoms with Gasteiger partial charge in [0.15, 0.2) is 0 Å². The molecule has 3 aromatic rings. The van der Waals surface area contributed by atoms with Crippen molar-refractivity contribution in [3.63, 3.8) is 0 Å². The molecule has 21 heavy (non-hydrogen) atoms. The third kappa shape index (κ3) is 3.03. The van der Waals surface area contributed by atoms with Crippen molar-refractivity contribution in [2.45, 2.75) is 6.61 Å². The number of hydrogen-bond acceptors (Lipinski definition) is 3. The molecule has 0 radical (unpaired) electrons. The Hall–Kier alpha value is -2.81. The van der Waals surface area contributed by atoms with Crippen LogP contribution in [0.25, 0.3) is 11.3 Å². The number of rotatable bonds is 4. The first-order valence-corrected chi connectivity index (χ1v) is 6.68. The van der Waals surface area contributed by atoms with Crippen molar-refractivity contribution in [1.82, 2.24) is 0 Å². The van der Waals surface area contributed by atoms with Gasteiger partial charge in [-0.2, -0.15) is 0 Å². The Bertz CT molecular complexity index is 715. The molecule has 0 bridgehead atoms. The molecule has 2 aromatic carbocycles. The van der Waals surface area contributed by atoms with E-state index in [4.69, 9.17) is 9.15 Å². The van der Waals surface area contributed by atoms with Gasteiger partial charge in [0, 0.05) is 5.56 Å². The Morgan fingerprint density at radius 1 is 0.905 bits per heavy atom. The van der Waals surface area contributed by atoms with Crippen LogP contribution in [0.5, 0.6) is 0 Å². The van der Waals surface area contributed by atoms with Gasteiger partial charge in [0.2, 0.25) is 0 Å². The summed E-state index contributed by atoms with van der Waals surface area (Å²) < 4.78 is 10.7.